The van der Waals surface area contributed by atoms with Gasteiger partial charge in [0.2, 0.25) is 0 Å². The molecule has 0 saturated heterocycles. The lowest BCUT2D eigenvalue weighted by Crippen LogP contribution is -2.27. The third-order valence-electron chi connectivity index (χ3n) is 2.86. The van der Waals surface area contributed by atoms with E-state index in [1.54, 1.807) is 19.2 Å². The van der Waals surface area contributed by atoms with Gasteiger partial charge in [-0.3, -0.25) is 0 Å². The minimum atomic E-state index is -0.396. The molecule has 0 bridgehead atoms. The zero-order valence-electron chi connectivity index (χ0n) is 12.0. The monoisotopic (exact) mass is 280 g/mol. The van der Waals surface area contributed by atoms with Crippen LogP contribution in [0.5, 0.6) is 17.2 Å². The number of methoxy groups -OCH3 is 1. The van der Waals surface area contributed by atoms with Crippen LogP contribution in [-0.2, 0) is 9.47 Å². The van der Waals surface area contributed by atoms with Gasteiger partial charge in [0.25, 0.3) is 0 Å². The second kappa shape index (κ2) is 6.15. The Morgan fingerprint density at radius 2 is 2.05 bits per heavy atom. The highest BCUT2D eigenvalue weighted by molar-refractivity contribution is 5.68. The van der Waals surface area contributed by atoms with Gasteiger partial charge in [-0.15, -0.1) is 0 Å². The summed E-state index contributed by atoms with van der Waals surface area (Å²) in [6.45, 7) is 4.97. The number of phenolic OH excluding ortho intramolecular Hbond substituents is 1. The molecule has 1 aromatic carbocycles. The molecule has 20 heavy (non-hydrogen) atoms. The summed E-state index contributed by atoms with van der Waals surface area (Å²) >= 11 is 0. The van der Waals surface area contributed by atoms with Gasteiger partial charge in [0.15, 0.2) is 6.79 Å². The molecule has 0 unspecified atom stereocenters. The molecule has 5 heteroatoms. The van der Waals surface area contributed by atoms with E-state index >= 15 is 0 Å². The summed E-state index contributed by atoms with van der Waals surface area (Å²) in [6.07, 6.45) is 3.76. The van der Waals surface area contributed by atoms with Crippen molar-refractivity contribution in [2.24, 2.45) is 0 Å². The van der Waals surface area contributed by atoms with Crippen molar-refractivity contribution in [2.75, 3.05) is 27.1 Å². The molecule has 0 spiro atoms. The van der Waals surface area contributed by atoms with E-state index < -0.39 is 5.60 Å². The molecule has 0 radical (unpaired) electrons. The quantitative estimate of drug-likeness (QED) is 0.641. The third-order valence-corrected chi connectivity index (χ3v) is 2.86. The molecule has 110 valence electrons. The smallest absolute Gasteiger partial charge is 0.189 e. The molecule has 0 aromatic heterocycles. The summed E-state index contributed by atoms with van der Waals surface area (Å²) in [5.41, 5.74) is 0.268. The highest BCUT2D eigenvalue weighted by Gasteiger charge is 2.24. The van der Waals surface area contributed by atoms with Gasteiger partial charge >= 0.3 is 0 Å². The van der Waals surface area contributed by atoms with Crippen LogP contribution in [0, 0.1) is 0 Å². The molecule has 0 aliphatic carbocycles. The van der Waals surface area contributed by atoms with E-state index in [2.05, 4.69) is 0 Å². The maximum atomic E-state index is 9.98. The van der Waals surface area contributed by atoms with Gasteiger partial charge in [0.1, 0.15) is 22.8 Å². The van der Waals surface area contributed by atoms with Crippen molar-refractivity contribution < 1.29 is 24.1 Å². The molecular weight excluding hydrogens is 260 g/mol. The van der Waals surface area contributed by atoms with Gasteiger partial charge in [-0.2, -0.15) is 0 Å². The summed E-state index contributed by atoms with van der Waals surface area (Å²) in [4.78, 5) is 0. The van der Waals surface area contributed by atoms with Crippen LogP contribution in [0.25, 0.3) is 6.08 Å². The van der Waals surface area contributed by atoms with Gasteiger partial charge < -0.3 is 24.1 Å². The number of aromatic hydroxyl groups is 1. The second-order valence-corrected chi connectivity index (χ2v) is 5.06. The van der Waals surface area contributed by atoms with Gasteiger partial charge in [-0.1, -0.05) is 0 Å². The van der Waals surface area contributed by atoms with E-state index in [0.29, 0.717) is 30.3 Å². The van der Waals surface area contributed by atoms with Crippen molar-refractivity contribution in [3.63, 3.8) is 0 Å². The van der Waals surface area contributed by atoms with Crippen LogP contribution >= 0.6 is 0 Å². The van der Waals surface area contributed by atoms with Crippen LogP contribution in [0.1, 0.15) is 19.4 Å². The Morgan fingerprint density at radius 1 is 1.25 bits per heavy atom. The van der Waals surface area contributed by atoms with Crippen LogP contribution in [0.2, 0.25) is 0 Å². The van der Waals surface area contributed by atoms with E-state index in [9.17, 15) is 5.11 Å². The average Bonchev–Trinajstić information content (AvgIpc) is 2.37. The number of benzene rings is 1. The second-order valence-electron chi connectivity index (χ2n) is 5.06. The van der Waals surface area contributed by atoms with Crippen LogP contribution in [0.3, 0.4) is 0 Å². The van der Waals surface area contributed by atoms with Crippen molar-refractivity contribution >= 4 is 6.08 Å². The summed E-state index contributed by atoms with van der Waals surface area (Å²) in [5, 5.41) is 9.98. The summed E-state index contributed by atoms with van der Waals surface area (Å²) < 4.78 is 21.3. The first-order valence-electron chi connectivity index (χ1n) is 6.46. The van der Waals surface area contributed by atoms with Crippen molar-refractivity contribution in [3.8, 4) is 17.2 Å². The third kappa shape index (κ3) is 3.65. The van der Waals surface area contributed by atoms with Crippen LogP contribution in [0.15, 0.2) is 18.2 Å². The summed E-state index contributed by atoms with van der Waals surface area (Å²) in [5.74, 6) is 1.23. The lowest BCUT2D eigenvalue weighted by Gasteiger charge is -2.28. The number of fused-ring (bicyclic) bond motifs is 1. The van der Waals surface area contributed by atoms with Gasteiger partial charge in [-0.05, 0) is 26.0 Å². The topological polar surface area (TPSA) is 57.2 Å². The summed E-state index contributed by atoms with van der Waals surface area (Å²) in [6, 6.07) is 3.30. The summed E-state index contributed by atoms with van der Waals surface area (Å²) in [7, 11) is 1.61. The Bertz CT molecular complexity index is 493. The van der Waals surface area contributed by atoms with E-state index in [1.165, 1.54) is 0 Å². The molecular formula is C15H20O5. The molecule has 0 atom stereocenters. The fraction of sp³-hybridized carbons (Fsp3) is 0.467. The van der Waals surface area contributed by atoms with Crippen molar-refractivity contribution in [1.82, 2.24) is 0 Å². The minimum absolute atomic E-state index is 0.0980. The lowest BCUT2D eigenvalue weighted by atomic mass is 10.0. The first-order valence-corrected chi connectivity index (χ1v) is 6.46. The molecule has 1 heterocycles. The molecule has 2 rings (SSSR count). The van der Waals surface area contributed by atoms with E-state index in [0.717, 1.165) is 0 Å². The minimum Gasteiger partial charge on any atom is -0.507 e. The Kier molecular flexibility index (Phi) is 4.52. The Hall–Kier alpha value is -1.72. The first kappa shape index (κ1) is 14.7. The van der Waals surface area contributed by atoms with E-state index in [4.69, 9.17) is 18.9 Å². The average molecular weight is 280 g/mol. The number of hydrogen-bond acceptors (Lipinski definition) is 5. The van der Waals surface area contributed by atoms with Crippen LogP contribution in [-0.4, -0.2) is 37.8 Å². The molecule has 0 amide bonds. The molecule has 1 aromatic rings. The number of rotatable bonds is 6. The Morgan fingerprint density at radius 3 is 2.80 bits per heavy atom. The van der Waals surface area contributed by atoms with E-state index in [-0.39, 0.29) is 12.5 Å². The first-order chi connectivity index (χ1) is 9.52. The van der Waals surface area contributed by atoms with Gasteiger partial charge in [0, 0.05) is 19.2 Å². The fourth-order valence-electron chi connectivity index (χ4n) is 1.83. The highest BCUT2D eigenvalue weighted by Crippen LogP contribution is 2.39. The van der Waals surface area contributed by atoms with Gasteiger partial charge in [0.05, 0.1) is 18.8 Å². The predicted octanol–water partition coefficient (Wildman–Crippen LogP) is 2.58. The Labute approximate surface area is 118 Å². The standard InChI is InChI=1S/C15H20O5/c1-15(2)5-4-12-13(16)8-11(9-14(12)20-15)19-10-18-7-6-17-3/h4-5,8-9,16H,6-7,10H2,1-3H3. The zero-order valence-corrected chi connectivity index (χ0v) is 12.0. The Balaban J connectivity index is 2.03. The maximum absolute atomic E-state index is 9.98. The predicted molar refractivity (Wildman–Crippen MR) is 75.2 cm³/mol. The molecule has 5 nitrogen and oxygen atoms in total. The SMILES string of the molecule is COCCOCOc1cc(O)c2c(c1)OC(C)(C)C=C2. The fourth-order valence-corrected chi connectivity index (χ4v) is 1.83. The molecule has 0 fully saturated rings. The molecule has 1 aliphatic heterocycles. The van der Waals surface area contributed by atoms with E-state index in [1.807, 2.05) is 26.0 Å². The maximum Gasteiger partial charge on any atom is 0.189 e. The van der Waals surface area contributed by atoms with Crippen molar-refractivity contribution in [3.05, 3.63) is 23.8 Å². The number of hydrogen-bond donors (Lipinski definition) is 1. The molecule has 1 N–H and O–H groups in total. The van der Waals surface area contributed by atoms with Crippen molar-refractivity contribution in [1.29, 1.82) is 0 Å². The normalized spacial score (nSPS) is 15.6. The largest absolute Gasteiger partial charge is 0.507 e. The highest BCUT2D eigenvalue weighted by atomic mass is 16.7. The van der Waals surface area contributed by atoms with Crippen LogP contribution in [0.4, 0.5) is 0 Å². The van der Waals surface area contributed by atoms with Crippen LogP contribution < -0.4 is 9.47 Å². The van der Waals surface area contributed by atoms with Crippen molar-refractivity contribution in [2.45, 2.75) is 19.4 Å². The number of phenols is 1. The molecule has 1 aliphatic rings. The zero-order chi connectivity index (χ0) is 14.6. The molecule has 0 saturated carbocycles. The van der Waals surface area contributed by atoms with Gasteiger partial charge in [-0.25, -0.2) is 0 Å². The number of ether oxygens (including phenoxy) is 4. The lowest BCUT2D eigenvalue weighted by molar-refractivity contribution is -0.00870.